The maximum Gasteiger partial charge on any atom is 0.259 e. The SMILES string of the molecule is Nc1ncncc1C(=O)N1CCCCCC1CC(=O)c1ccccc1. The highest BCUT2D eigenvalue weighted by atomic mass is 16.2. The lowest BCUT2D eigenvalue weighted by atomic mass is 9.99. The molecule has 1 atom stereocenters. The Bertz CT molecular complexity index is 748. The van der Waals surface area contributed by atoms with Crippen molar-refractivity contribution in [1.29, 1.82) is 0 Å². The molecule has 1 aromatic carbocycles. The van der Waals surface area contributed by atoms with Crippen molar-refractivity contribution in [1.82, 2.24) is 14.9 Å². The van der Waals surface area contributed by atoms with Crippen LogP contribution in [0.1, 0.15) is 52.8 Å². The van der Waals surface area contributed by atoms with Gasteiger partial charge in [0.25, 0.3) is 5.91 Å². The second kappa shape index (κ2) is 7.88. The first-order valence-electron chi connectivity index (χ1n) is 8.61. The number of anilines is 1. The molecule has 0 radical (unpaired) electrons. The molecule has 25 heavy (non-hydrogen) atoms. The van der Waals surface area contributed by atoms with Crippen LogP contribution < -0.4 is 5.73 Å². The number of benzene rings is 1. The minimum Gasteiger partial charge on any atom is -0.383 e. The summed E-state index contributed by atoms with van der Waals surface area (Å²) in [7, 11) is 0. The molecule has 1 aliphatic rings. The smallest absolute Gasteiger partial charge is 0.259 e. The van der Waals surface area contributed by atoms with Gasteiger partial charge >= 0.3 is 0 Å². The summed E-state index contributed by atoms with van der Waals surface area (Å²) in [5.41, 5.74) is 6.83. The van der Waals surface area contributed by atoms with E-state index in [2.05, 4.69) is 9.97 Å². The van der Waals surface area contributed by atoms with Crippen molar-refractivity contribution >= 4 is 17.5 Å². The highest BCUT2D eigenvalue weighted by Crippen LogP contribution is 2.24. The zero-order valence-electron chi connectivity index (χ0n) is 14.1. The number of nitrogens with two attached hydrogens (primary N) is 1. The number of likely N-dealkylation sites (tertiary alicyclic amines) is 1. The van der Waals surface area contributed by atoms with Crippen LogP contribution in [-0.2, 0) is 0 Å². The molecule has 3 rings (SSSR count). The fourth-order valence-corrected chi connectivity index (χ4v) is 3.27. The maximum atomic E-state index is 13.0. The number of nitrogens with zero attached hydrogens (tertiary/aromatic N) is 3. The molecule has 0 bridgehead atoms. The lowest BCUT2D eigenvalue weighted by molar-refractivity contribution is 0.0660. The van der Waals surface area contributed by atoms with E-state index in [-0.39, 0.29) is 23.6 Å². The third kappa shape index (κ3) is 4.02. The van der Waals surface area contributed by atoms with Crippen LogP contribution in [0.3, 0.4) is 0 Å². The fourth-order valence-electron chi connectivity index (χ4n) is 3.27. The second-order valence-electron chi connectivity index (χ2n) is 6.32. The van der Waals surface area contributed by atoms with Gasteiger partial charge in [-0.15, -0.1) is 0 Å². The van der Waals surface area contributed by atoms with Gasteiger partial charge in [-0.05, 0) is 12.8 Å². The third-order valence-electron chi connectivity index (χ3n) is 4.63. The van der Waals surface area contributed by atoms with Crippen LogP contribution in [0.15, 0.2) is 42.9 Å². The van der Waals surface area contributed by atoms with Gasteiger partial charge in [0.05, 0.1) is 0 Å². The van der Waals surface area contributed by atoms with Gasteiger partial charge in [0, 0.05) is 30.8 Å². The molecule has 0 saturated carbocycles. The molecular formula is C19H22N4O2. The quantitative estimate of drug-likeness (QED) is 0.866. The molecule has 2 N–H and O–H groups in total. The zero-order chi connectivity index (χ0) is 17.6. The Morgan fingerprint density at radius 1 is 1.16 bits per heavy atom. The van der Waals surface area contributed by atoms with Gasteiger partial charge < -0.3 is 10.6 Å². The summed E-state index contributed by atoms with van der Waals surface area (Å²) in [4.78, 5) is 35.2. The lowest BCUT2D eigenvalue weighted by Crippen LogP contribution is -2.41. The van der Waals surface area contributed by atoms with Gasteiger partial charge in [-0.1, -0.05) is 43.2 Å². The monoisotopic (exact) mass is 338 g/mol. The van der Waals surface area contributed by atoms with Crippen LogP contribution in [-0.4, -0.2) is 39.1 Å². The van der Waals surface area contributed by atoms with Crippen LogP contribution in [0.5, 0.6) is 0 Å². The minimum absolute atomic E-state index is 0.0579. The van der Waals surface area contributed by atoms with Crippen LogP contribution in [0.4, 0.5) is 5.82 Å². The van der Waals surface area contributed by atoms with E-state index in [0.29, 0.717) is 24.1 Å². The van der Waals surface area contributed by atoms with E-state index in [1.165, 1.54) is 12.5 Å². The van der Waals surface area contributed by atoms with Crippen molar-refractivity contribution < 1.29 is 9.59 Å². The van der Waals surface area contributed by atoms with E-state index in [1.54, 1.807) is 4.90 Å². The summed E-state index contributed by atoms with van der Waals surface area (Å²) >= 11 is 0. The van der Waals surface area contributed by atoms with E-state index in [9.17, 15) is 9.59 Å². The van der Waals surface area contributed by atoms with Crippen molar-refractivity contribution in [3.63, 3.8) is 0 Å². The highest BCUT2D eigenvalue weighted by Gasteiger charge is 2.29. The predicted molar refractivity (Wildman–Crippen MR) is 95.1 cm³/mol. The number of nitrogen functional groups attached to an aromatic ring is 1. The Labute approximate surface area is 147 Å². The molecule has 6 nitrogen and oxygen atoms in total. The van der Waals surface area contributed by atoms with Crippen LogP contribution >= 0.6 is 0 Å². The number of ketones is 1. The molecule has 130 valence electrons. The second-order valence-corrected chi connectivity index (χ2v) is 6.32. The number of hydrogen-bond acceptors (Lipinski definition) is 5. The molecule has 1 aliphatic heterocycles. The normalized spacial score (nSPS) is 17.8. The third-order valence-corrected chi connectivity index (χ3v) is 4.63. The molecule has 6 heteroatoms. The summed E-state index contributed by atoms with van der Waals surface area (Å²) in [6, 6.07) is 9.09. The van der Waals surface area contributed by atoms with E-state index in [0.717, 1.165) is 25.7 Å². The van der Waals surface area contributed by atoms with Crippen molar-refractivity contribution in [3.8, 4) is 0 Å². The van der Waals surface area contributed by atoms with Gasteiger partial charge in [-0.3, -0.25) is 9.59 Å². The number of rotatable bonds is 4. The summed E-state index contributed by atoms with van der Waals surface area (Å²) < 4.78 is 0. The molecule has 0 aliphatic carbocycles. The molecule has 1 amide bonds. The largest absolute Gasteiger partial charge is 0.383 e. The number of carbonyl (C=O) groups excluding carboxylic acids is 2. The molecule has 1 aromatic heterocycles. The molecule has 2 heterocycles. The summed E-state index contributed by atoms with van der Waals surface area (Å²) in [5.74, 6) is 0.0471. The molecule has 2 aromatic rings. The maximum absolute atomic E-state index is 13.0. The molecule has 1 fully saturated rings. The first-order chi connectivity index (χ1) is 12.2. The Morgan fingerprint density at radius 2 is 1.96 bits per heavy atom. The average Bonchev–Trinajstić information content (AvgIpc) is 2.88. The molecular weight excluding hydrogens is 316 g/mol. The number of hydrogen-bond donors (Lipinski definition) is 1. The van der Waals surface area contributed by atoms with Gasteiger partial charge in [-0.2, -0.15) is 0 Å². The first-order valence-corrected chi connectivity index (χ1v) is 8.61. The summed E-state index contributed by atoms with van der Waals surface area (Å²) in [6.45, 7) is 0.625. The van der Waals surface area contributed by atoms with Crippen LogP contribution in [0, 0.1) is 0 Å². The summed E-state index contributed by atoms with van der Waals surface area (Å²) in [6.07, 6.45) is 6.91. The van der Waals surface area contributed by atoms with E-state index >= 15 is 0 Å². The minimum atomic E-state index is -0.189. The highest BCUT2D eigenvalue weighted by molar-refractivity contribution is 5.99. The van der Waals surface area contributed by atoms with Gasteiger partial charge in [-0.25, -0.2) is 9.97 Å². The van der Waals surface area contributed by atoms with E-state index in [1.807, 2.05) is 30.3 Å². The molecule has 1 saturated heterocycles. The Kier molecular flexibility index (Phi) is 5.38. The van der Waals surface area contributed by atoms with Crippen molar-refractivity contribution in [2.24, 2.45) is 0 Å². The van der Waals surface area contributed by atoms with Crippen molar-refractivity contribution in [2.45, 2.75) is 38.1 Å². The van der Waals surface area contributed by atoms with E-state index in [4.69, 9.17) is 5.73 Å². The molecule has 1 unspecified atom stereocenters. The number of aromatic nitrogens is 2. The standard InChI is InChI=1S/C19H22N4O2/c20-18-16(12-21-13-22-18)19(25)23-10-6-2-5-9-15(23)11-17(24)14-7-3-1-4-8-14/h1,3-4,7-8,12-13,15H,2,5-6,9-11H2,(H2,20,21,22). The summed E-state index contributed by atoms with van der Waals surface area (Å²) in [5, 5.41) is 0. The van der Waals surface area contributed by atoms with Crippen LogP contribution in [0.25, 0.3) is 0 Å². The Balaban J connectivity index is 1.81. The van der Waals surface area contributed by atoms with E-state index < -0.39 is 0 Å². The Morgan fingerprint density at radius 3 is 2.72 bits per heavy atom. The fraction of sp³-hybridized carbons (Fsp3) is 0.368. The van der Waals surface area contributed by atoms with Gasteiger partial charge in [0.2, 0.25) is 0 Å². The number of amides is 1. The predicted octanol–water partition coefficient (Wildman–Crippen LogP) is 2.72. The Hall–Kier alpha value is -2.76. The van der Waals surface area contributed by atoms with Crippen molar-refractivity contribution in [2.75, 3.05) is 12.3 Å². The number of Topliss-reactive ketones (excluding diaryl/α,β-unsaturated/α-hetero) is 1. The molecule has 0 spiro atoms. The number of carbonyl (C=O) groups is 2. The van der Waals surface area contributed by atoms with Crippen molar-refractivity contribution in [3.05, 3.63) is 54.0 Å². The lowest BCUT2D eigenvalue weighted by Gasteiger charge is -2.30. The first kappa shape index (κ1) is 17.1. The zero-order valence-corrected chi connectivity index (χ0v) is 14.1. The van der Waals surface area contributed by atoms with Gasteiger partial charge in [0.15, 0.2) is 5.78 Å². The average molecular weight is 338 g/mol. The topological polar surface area (TPSA) is 89.2 Å². The van der Waals surface area contributed by atoms with Crippen LogP contribution in [0.2, 0.25) is 0 Å². The van der Waals surface area contributed by atoms with Gasteiger partial charge in [0.1, 0.15) is 17.7 Å².